The minimum Gasteiger partial charge on any atom is -0.388 e. The molecule has 21 heavy (non-hydrogen) atoms. The van der Waals surface area contributed by atoms with Gasteiger partial charge in [-0.05, 0) is 25.0 Å². The second-order valence-corrected chi connectivity index (χ2v) is 5.70. The molecule has 0 radical (unpaired) electrons. The largest absolute Gasteiger partial charge is 0.388 e. The highest BCUT2D eigenvalue weighted by Gasteiger charge is 2.29. The van der Waals surface area contributed by atoms with Gasteiger partial charge in [0.15, 0.2) is 0 Å². The highest BCUT2D eigenvalue weighted by atomic mass is 35.5. The van der Waals surface area contributed by atoms with E-state index in [1.54, 1.807) is 6.92 Å². The van der Waals surface area contributed by atoms with Gasteiger partial charge in [0.25, 0.3) is 11.6 Å². The molecule has 0 saturated heterocycles. The van der Waals surface area contributed by atoms with Crippen LogP contribution >= 0.6 is 11.6 Å². The summed E-state index contributed by atoms with van der Waals surface area (Å²) in [4.78, 5) is 22.4. The maximum absolute atomic E-state index is 12.1. The summed E-state index contributed by atoms with van der Waals surface area (Å²) in [5, 5.41) is 23.9. The quantitative estimate of drug-likeness (QED) is 0.623. The van der Waals surface area contributed by atoms with Gasteiger partial charge < -0.3 is 10.4 Å². The first-order valence-corrected chi connectivity index (χ1v) is 7.01. The molecule has 0 spiro atoms. The lowest BCUT2D eigenvalue weighted by molar-refractivity contribution is -0.385. The Morgan fingerprint density at radius 1 is 1.57 bits per heavy atom. The minimum absolute atomic E-state index is 0.00447. The van der Waals surface area contributed by atoms with Crippen LogP contribution in [0.15, 0.2) is 18.2 Å². The standard InChI is InChI=1S/C14H19ClN2O4/c1-4-9(2)14(3,19)8-16-13(18)11-7-10(15)5-6-12(11)17(20)21/h5-7,9,19H,4,8H2,1-3H3,(H,16,18). The molecule has 0 saturated carbocycles. The molecule has 116 valence electrons. The first-order chi connectivity index (χ1) is 9.69. The third-order valence-electron chi connectivity index (χ3n) is 3.68. The van der Waals surface area contributed by atoms with Crippen molar-refractivity contribution in [2.75, 3.05) is 6.54 Å². The molecule has 1 amide bonds. The monoisotopic (exact) mass is 314 g/mol. The van der Waals surface area contributed by atoms with Crippen LogP contribution in [-0.4, -0.2) is 28.1 Å². The van der Waals surface area contributed by atoms with Gasteiger partial charge in [-0.1, -0.05) is 31.9 Å². The second kappa shape index (κ2) is 6.87. The van der Waals surface area contributed by atoms with Crippen molar-refractivity contribution in [3.05, 3.63) is 38.9 Å². The lowest BCUT2D eigenvalue weighted by atomic mass is 9.88. The van der Waals surface area contributed by atoms with Crippen LogP contribution in [0.2, 0.25) is 5.02 Å². The maximum Gasteiger partial charge on any atom is 0.282 e. The van der Waals surface area contributed by atoms with E-state index < -0.39 is 16.4 Å². The summed E-state index contributed by atoms with van der Waals surface area (Å²) in [7, 11) is 0. The van der Waals surface area contributed by atoms with Crippen LogP contribution in [0.25, 0.3) is 0 Å². The van der Waals surface area contributed by atoms with Crippen molar-refractivity contribution in [2.45, 2.75) is 32.8 Å². The molecule has 1 aromatic rings. The number of hydrogen-bond donors (Lipinski definition) is 2. The predicted octanol–water partition coefficient (Wildman–Crippen LogP) is 2.78. The van der Waals surface area contributed by atoms with E-state index >= 15 is 0 Å². The van der Waals surface area contributed by atoms with Crippen molar-refractivity contribution in [1.29, 1.82) is 0 Å². The van der Waals surface area contributed by atoms with E-state index in [0.717, 1.165) is 6.42 Å². The number of hydrogen-bond acceptors (Lipinski definition) is 4. The number of carbonyl (C=O) groups excluding carboxylic acids is 1. The fraction of sp³-hybridized carbons (Fsp3) is 0.500. The molecule has 0 aliphatic rings. The number of halogens is 1. The first kappa shape index (κ1) is 17.4. The topological polar surface area (TPSA) is 92.5 Å². The summed E-state index contributed by atoms with van der Waals surface area (Å²) >= 11 is 5.78. The molecule has 2 N–H and O–H groups in total. The zero-order valence-corrected chi connectivity index (χ0v) is 13.0. The highest BCUT2D eigenvalue weighted by molar-refractivity contribution is 6.31. The lowest BCUT2D eigenvalue weighted by Crippen LogP contribution is -2.45. The number of amides is 1. The van der Waals surface area contributed by atoms with E-state index in [-0.39, 0.29) is 28.7 Å². The zero-order valence-electron chi connectivity index (χ0n) is 12.2. The number of nitro groups is 1. The van der Waals surface area contributed by atoms with Crippen LogP contribution in [0.5, 0.6) is 0 Å². The van der Waals surface area contributed by atoms with Crippen molar-refractivity contribution in [2.24, 2.45) is 5.92 Å². The number of rotatable bonds is 6. The fourth-order valence-electron chi connectivity index (χ4n) is 1.82. The Kier molecular flexibility index (Phi) is 5.69. The van der Waals surface area contributed by atoms with Gasteiger partial charge in [-0.3, -0.25) is 14.9 Å². The van der Waals surface area contributed by atoms with E-state index in [1.807, 2.05) is 13.8 Å². The molecular weight excluding hydrogens is 296 g/mol. The molecule has 1 aromatic carbocycles. The molecule has 0 aliphatic carbocycles. The Balaban J connectivity index is 2.90. The van der Waals surface area contributed by atoms with Gasteiger partial charge in [0, 0.05) is 17.6 Å². The van der Waals surface area contributed by atoms with Crippen molar-refractivity contribution in [3.63, 3.8) is 0 Å². The third-order valence-corrected chi connectivity index (χ3v) is 3.92. The summed E-state index contributed by atoms with van der Waals surface area (Å²) in [6.07, 6.45) is 0.750. The lowest BCUT2D eigenvalue weighted by Gasteiger charge is -2.29. The first-order valence-electron chi connectivity index (χ1n) is 6.63. The average molecular weight is 315 g/mol. The van der Waals surface area contributed by atoms with E-state index in [4.69, 9.17) is 11.6 Å². The Bertz CT molecular complexity index is 546. The predicted molar refractivity (Wildman–Crippen MR) is 80.5 cm³/mol. The molecule has 0 aromatic heterocycles. The average Bonchev–Trinajstić information content (AvgIpc) is 2.43. The van der Waals surface area contributed by atoms with Crippen LogP contribution < -0.4 is 5.32 Å². The van der Waals surface area contributed by atoms with Crippen molar-refractivity contribution in [1.82, 2.24) is 5.32 Å². The van der Waals surface area contributed by atoms with E-state index in [9.17, 15) is 20.0 Å². The normalized spacial score (nSPS) is 15.1. The van der Waals surface area contributed by atoms with Gasteiger partial charge in [0.2, 0.25) is 0 Å². The number of carbonyl (C=O) groups is 1. The van der Waals surface area contributed by atoms with Gasteiger partial charge in [0.1, 0.15) is 5.56 Å². The molecule has 2 atom stereocenters. The number of aliphatic hydroxyl groups is 1. The summed E-state index contributed by atoms with van der Waals surface area (Å²) in [6.45, 7) is 5.43. The van der Waals surface area contributed by atoms with Gasteiger partial charge >= 0.3 is 0 Å². The number of nitrogens with one attached hydrogen (secondary N) is 1. The van der Waals surface area contributed by atoms with Gasteiger partial charge in [0.05, 0.1) is 10.5 Å². The fourth-order valence-corrected chi connectivity index (χ4v) is 1.99. The third kappa shape index (κ3) is 4.41. The van der Waals surface area contributed by atoms with Crippen molar-refractivity contribution >= 4 is 23.2 Å². The number of nitrogens with zero attached hydrogens (tertiary/aromatic N) is 1. The number of nitro benzene ring substituents is 1. The molecule has 6 nitrogen and oxygen atoms in total. The Hall–Kier alpha value is -1.66. The molecule has 7 heteroatoms. The molecule has 0 bridgehead atoms. The molecule has 0 fully saturated rings. The van der Waals surface area contributed by atoms with E-state index in [1.165, 1.54) is 18.2 Å². The van der Waals surface area contributed by atoms with Gasteiger partial charge in [-0.15, -0.1) is 0 Å². The van der Waals surface area contributed by atoms with Gasteiger partial charge in [-0.2, -0.15) is 0 Å². The van der Waals surface area contributed by atoms with E-state index in [0.29, 0.717) is 0 Å². The van der Waals surface area contributed by atoms with Crippen LogP contribution in [-0.2, 0) is 0 Å². The summed E-state index contributed by atoms with van der Waals surface area (Å²) in [5.41, 5.74) is -1.52. The Morgan fingerprint density at radius 2 is 2.19 bits per heavy atom. The summed E-state index contributed by atoms with van der Waals surface area (Å²) in [5.74, 6) is -0.653. The minimum atomic E-state index is -1.09. The molecule has 2 unspecified atom stereocenters. The molecule has 0 aliphatic heterocycles. The number of benzene rings is 1. The van der Waals surface area contributed by atoms with Crippen LogP contribution in [0.3, 0.4) is 0 Å². The van der Waals surface area contributed by atoms with Crippen LogP contribution in [0, 0.1) is 16.0 Å². The van der Waals surface area contributed by atoms with E-state index in [2.05, 4.69) is 5.32 Å². The SMILES string of the molecule is CCC(C)C(C)(O)CNC(=O)c1cc(Cl)ccc1[N+](=O)[O-]. The second-order valence-electron chi connectivity index (χ2n) is 5.27. The smallest absolute Gasteiger partial charge is 0.282 e. The maximum atomic E-state index is 12.1. The van der Waals surface area contributed by atoms with Crippen molar-refractivity contribution in [3.8, 4) is 0 Å². The Labute approximate surface area is 128 Å². The van der Waals surface area contributed by atoms with Crippen LogP contribution in [0.1, 0.15) is 37.6 Å². The Morgan fingerprint density at radius 3 is 2.71 bits per heavy atom. The summed E-state index contributed by atoms with van der Waals surface area (Å²) in [6, 6.07) is 3.78. The molecule has 1 rings (SSSR count). The van der Waals surface area contributed by atoms with Crippen molar-refractivity contribution < 1.29 is 14.8 Å². The molecule has 0 heterocycles. The van der Waals surface area contributed by atoms with Crippen LogP contribution in [0.4, 0.5) is 5.69 Å². The highest BCUT2D eigenvalue weighted by Crippen LogP contribution is 2.23. The van der Waals surface area contributed by atoms with Gasteiger partial charge in [-0.25, -0.2) is 0 Å². The summed E-state index contributed by atoms with van der Waals surface area (Å²) < 4.78 is 0. The molecular formula is C14H19ClN2O4. The zero-order chi connectivity index (χ0) is 16.2.